The molecule has 110 valence electrons. The molecular weight excluding hydrogens is 294 g/mol. The van der Waals surface area contributed by atoms with Crippen LogP contribution in [-0.2, 0) is 0 Å². The van der Waals surface area contributed by atoms with Crippen molar-refractivity contribution < 1.29 is 13.5 Å². The number of halogens is 2. The Morgan fingerprint density at radius 3 is 2.57 bits per heavy atom. The van der Waals surface area contributed by atoms with Gasteiger partial charge in [-0.25, -0.2) is 0 Å². The van der Waals surface area contributed by atoms with Gasteiger partial charge < -0.3 is 15.8 Å². The first-order valence-corrected chi connectivity index (χ1v) is 6.59. The number of nitrogens with one attached hydrogen (secondary N) is 1. The van der Waals surface area contributed by atoms with Crippen LogP contribution in [0.1, 0.15) is 11.1 Å². The maximum Gasteiger partial charge on any atom is 0.387 e. The molecule has 2 aromatic rings. The molecule has 0 fully saturated rings. The van der Waals surface area contributed by atoms with Crippen molar-refractivity contribution >= 4 is 28.6 Å². The lowest BCUT2D eigenvalue weighted by Crippen LogP contribution is -2.12. The SMILES string of the molecule is Cc1ccc(C(N)=S)c(Nc2ccccc2OC(F)F)c1. The summed E-state index contributed by atoms with van der Waals surface area (Å²) in [6.45, 7) is -0.976. The molecule has 3 nitrogen and oxygen atoms in total. The molecule has 0 aromatic heterocycles. The number of nitrogens with two attached hydrogens (primary N) is 1. The number of anilines is 2. The van der Waals surface area contributed by atoms with E-state index < -0.39 is 6.61 Å². The highest BCUT2D eigenvalue weighted by Gasteiger charge is 2.11. The van der Waals surface area contributed by atoms with Gasteiger partial charge in [0.05, 0.1) is 5.69 Å². The first kappa shape index (κ1) is 15.2. The van der Waals surface area contributed by atoms with E-state index in [0.29, 0.717) is 16.9 Å². The van der Waals surface area contributed by atoms with Gasteiger partial charge in [0.1, 0.15) is 10.7 Å². The predicted molar refractivity (Wildman–Crippen MR) is 83.4 cm³/mol. The fourth-order valence-corrected chi connectivity index (χ4v) is 2.07. The molecule has 0 heterocycles. The van der Waals surface area contributed by atoms with Gasteiger partial charge >= 0.3 is 6.61 Å². The minimum atomic E-state index is -2.89. The van der Waals surface area contributed by atoms with Crippen molar-refractivity contribution in [3.63, 3.8) is 0 Å². The van der Waals surface area contributed by atoms with Gasteiger partial charge in [0.25, 0.3) is 0 Å². The molecular formula is C15H14F2N2OS. The molecule has 0 unspecified atom stereocenters. The van der Waals surface area contributed by atoms with E-state index in [4.69, 9.17) is 18.0 Å². The summed E-state index contributed by atoms with van der Waals surface area (Å²) in [6.07, 6.45) is 0. The van der Waals surface area contributed by atoms with E-state index in [-0.39, 0.29) is 10.7 Å². The number of aryl methyl sites for hydroxylation is 1. The summed E-state index contributed by atoms with van der Waals surface area (Å²) in [4.78, 5) is 0.227. The Kier molecular flexibility index (Phi) is 4.70. The Morgan fingerprint density at radius 2 is 1.90 bits per heavy atom. The van der Waals surface area contributed by atoms with Crippen LogP contribution in [-0.4, -0.2) is 11.6 Å². The van der Waals surface area contributed by atoms with Gasteiger partial charge in [0.2, 0.25) is 0 Å². The second-order valence-corrected chi connectivity index (χ2v) is 4.85. The highest BCUT2D eigenvalue weighted by Crippen LogP contribution is 2.30. The summed E-state index contributed by atoms with van der Waals surface area (Å²) in [7, 11) is 0. The molecule has 2 aromatic carbocycles. The van der Waals surface area contributed by atoms with Crippen LogP contribution in [0.25, 0.3) is 0 Å². The van der Waals surface area contributed by atoms with Crippen molar-refractivity contribution in [2.75, 3.05) is 5.32 Å². The molecule has 0 amide bonds. The van der Waals surface area contributed by atoms with Crippen LogP contribution in [0, 0.1) is 6.92 Å². The molecule has 0 saturated carbocycles. The van der Waals surface area contributed by atoms with E-state index in [2.05, 4.69) is 10.1 Å². The maximum absolute atomic E-state index is 12.4. The average molecular weight is 308 g/mol. The van der Waals surface area contributed by atoms with Crippen molar-refractivity contribution in [3.05, 3.63) is 53.6 Å². The summed E-state index contributed by atoms with van der Waals surface area (Å²) in [5, 5.41) is 3.04. The van der Waals surface area contributed by atoms with Gasteiger partial charge in [-0.3, -0.25) is 0 Å². The van der Waals surface area contributed by atoms with Gasteiger partial charge in [-0.15, -0.1) is 0 Å². The van der Waals surface area contributed by atoms with Crippen LogP contribution in [0.5, 0.6) is 5.75 Å². The number of hydrogen-bond donors (Lipinski definition) is 2. The van der Waals surface area contributed by atoms with E-state index in [9.17, 15) is 8.78 Å². The van der Waals surface area contributed by atoms with Crippen molar-refractivity contribution in [2.24, 2.45) is 5.73 Å². The number of rotatable bonds is 5. The molecule has 0 bridgehead atoms. The summed E-state index contributed by atoms with van der Waals surface area (Å²) in [5.74, 6) is 0.0582. The van der Waals surface area contributed by atoms with Crippen LogP contribution >= 0.6 is 12.2 Å². The fraction of sp³-hybridized carbons (Fsp3) is 0.133. The summed E-state index contributed by atoms with van der Waals surface area (Å²) < 4.78 is 29.3. The molecule has 0 radical (unpaired) electrons. The molecule has 0 spiro atoms. The molecule has 0 aliphatic heterocycles. The zero-order valence-electron chi connectivity index (χ0n) is 11.3. The second-order valence-electron chi connectivity index (χ2n) is 4.41. The van der Waals surface area contributed by atoms with Crippen LogP contribution in [0.4, 0.5) is 20.2 Å². The number of thiocarbonyl (C=S) groups is 1. The third kappa shape index (κ3) is 3.88. The van der Waals surface area contributed by atoms with Crippen molar-refractivity contribution in [1.82, 2.24) is 0 Å². The van der Waals surface area contributed by atoms with Crippen LogP contribution in [0.15, 0.2) is 42.5 Å². The Morgan fingerprint density at radius 1 is 1.19 bits per heavy atom. The Hall–Kier alpha value is -2.21. The van der Waals surface area contributed by atoms with Gasteiger partial charge in [-0.1, -0.05) is 30.4 Å². The lowest BCUT2D eigenvalue weighted by Gasteiger charge is -2.15. The number of alkyl halides is 2. The maximum atomic E-state index is 12.4. The molecule has 0 aliphatic rings. The summed E-state index contributed by atoms with van der Waals surface area (Å²) in [6, 6.07) is 11.9. The lowest BCUT2D eigenvalue weighted by atomic mass is 10.1. The molecule has 0 saturated heterocycles. The molecule has 0 atom stereocenters. The molecule has 3 N–H and O–H groups in total. The first-order valence-electron chi connectivity index (χ1n) is 6.18. The second kappa shape index (κ2) is 6.49. The van der Waals surface area contributed by atoms with E-state index in [1.54, 1.807) is 24.3 Å². The third-order valence-electron chi connectivity index (χ3n) is 2.81. The van der Waals surface area contributed by atoms with Crippen LogP contribution in [0.3, 0.4) is 0 Å². The van der Waals surface area contributed by atoms with Gasteiger partial charge in [-0.2, -0.15) is 8.78 Å². The number of hydrogen-bond acceptors (Lipinski definition) is 3. The molecule has 0 aliphatic carbocycles. The molecule has 21 heavy (non-hydrogen) atoms. The van der Waals surface area contributed by atoms with Crippen molar-refractivity contribution in [2.45, 2.75) is 13.5 Å². The Balaban J connectivity index is 2.38. The topological polar surface area (TPSA) is 47.3 Å². The van der Waals surface area contributed by atoms with Gasteiger partial charge in [0.15, 0.2) is 0 Å². The number of ether oxygens (including phenoxy) is 1. The van der Waals surface area contributed by atoms with Crippen molar-refractivity contribution in [3.8, 4) is 5.75 Å². The smallest absolute Gasteiger partial charge is 0.387 e. The minimum Gasteiger partial charge on any atom is -0.433 e. The number of para-hydroxylation sites is 2. The fourth-order valence-electron chi connectivity index (χ4n) is 1.89. The third-order valence-corrected chi connectivity index (χ3v) is 3.03. The Labute approximate surface area is 126 Å². The van der Waals surface area contributed by atoms with E-state index in [1.165, 1.54) is 6.07 Å². The molecule has 2 rings (SSSR count). The zero-order chi connectivity index (χ0) is 15.4. The summed E-state index contributed by atoms with van der Waals surface area (Å²) in [5.41, 5.74) is 8.37. The zero-order valence-corrected chi connectivity index (χ0v) is 12.1. The number of benzene rings is 2. The van der Waals surface area contributed by atoms with Crippen LogP contribution < -0.4 is 15.8 Å². The van der Waals surface area contributed by atoms with E-state index in [1.807, 2.05) is 19.1 Å². The highest BCUT2D eigenvalue weighted by molar-refractivity contribution is 7.80. The monoisotopic (exact) mass is 308 g/mol. The minimum absolute atomic E-state index is 0.0582. The highest BCUT2D eigenvalue weighted by atomic mass is 32.1. The standard InChI is InChI=1S/C15H14F2N2OS/c1-9-6-7-10(14(18)21)12(8-9)19-11-4-2-3-5-13(11)20-15(16)17/h2-8,15,19H,1H3,(H2,18,21). The van der Waals surface area contributed by atoms with Gasteiger partial charge in [-0.05, 0) is 36.8 Å². The van der Waals surface area contributed by atoms with Crippen molar-refractivity contribution in [1.29, 1.82) is 0 Å². The quantitative estimate of drug-likeness (QED) is 0.820. The van der Waals surface area contributed by atoms with Gasteiger partial charge in [0, 0.05) is 11.3 Å². The van der Waals surface area contributed by atoms with E-state index in [0.717, 1.165) is 5.56 Å². The Bertz CT molecular complexity index is 662. The summed E-state index contributed by atoms with van der Waals surface area (Å²) >= 11 is 5.00. The first-order chi connectivity index (χ1) is 9.97. The lowest BCUT2D eigenvalue weighted by molar-refractivity contribution is -0.0493. The molecule has 6 heteroatoms. The largest absolute Gasteiger partial charge is 0.433 e. The van der Waals surface area contributed by atoms with E-state index >= 15 is 0 Å². The average Bonchev–Trinajstić information content (AvgIpc) is 2.40. The van der Waals surface area contributed by atoms with Crippen LogP contribution in [0.2, 0.25) is 0 Å². The predicted octanol–water partition coefficient (Wildman–Crippen LogP) is 3.97. The normalized spacial score (nSPS) is 10.5.